The number of rotatable bonds is 3. The first-order valence-corrected chi connectivity index (χ1v) is 5.96. The van der Waals surface area contributed by atoms with Crippen molar-refractivity contribution in [3.8, 4) is 0 Å². The van der Waals surface area contributed by atoms with Gasteiger partial charge in [-0.25, -0.2) is 0 Å². The minimum atomic E-state index is -0.431. The second-order valence-corrected chi connectivity index (χ2v) is 4.63. The summed E-state index contributed by atoms with van der Waals surface area (Å²) in [6.45, 7) is 2.60. The molecule has 0 amide bonds. The maximum absolute atomic E-state index is 9.24. The summed E-state index contributed by atoms with van der Waals surface area (Å²) in [5.41, 5.74) is 9.42. The molecule has 0 radical (unpaired) electrons. The van der Waals surface area contributed by atoms with Gasteiger partial charge in [0.25, 0.3) is 0 Å². The highest BCUT2D eigenvalue weighted by molar-refractivity contribution is 6.45. The van der Waals surface area contributed by atoms with Crippen molar-refractivity contribution in [1.29, 1.82) is 0 Å². The van der Waals surface area contributed by atoms with Crippen molar-refractivity contribution in [2.75, 3.05) is 12.3 Å². The van der Waals surface area contributed by atoms with E-state index in [1.54, 1.807) is 6.82 Å². The fraction of sp³-hybridized carbons (Fsp3) is 0.500. The third-order valence-corrected chi connectivity index (χ3v) is 3.27. The van der Waals surface area contributed by atoms with E-state index in [2.05, 4.69) is 17.4 Å². The SMILES string of the molecule is CB(O)NCC1CCCc2cc(N)ccc21. The van der Waals surface area contributed by atoms with Crippen LogP contribution in [0, 0.1) is 0 Å². The van der Waals surface area contributed by atoms with Crippen LogP contribution in [-0.2, 0) is 6.42 Å². The van der Waals surface area contributed by atoms with Gasteiger partial charge < -0.3 is 16.0 Å². The Balaban J connectivity index is 2.13. The first-order chi connectivity index (χ1) is 7.66. The Morgan fingerprint density at radius 3 is 3.12 bits per heavy atom. The molecule has 3 nitrogen and oxygen atoms in total. The molecule has 0 fully saturated rings. The summed E-state index contributed by atoms with van der Waals surface area (Å²) in [5, 5.41) is 12.3. The van der Waals surface area contributed by atoms with Gasteiger partial charge in [-0.3, -0.25) is 0 Å². The smallest absolute Gasteiger partial charge is 0.373 e. The number of hydrogen-bond donors (Lipinski definition) is 3. The van der Waals surface area contributed by atoms with E-state index in [4.69, 9.17) is 5.73 Å². The number of nitrogens with one attached hydrogen (secondary N) is 1. The lowest BCUT2D eigenvalue weighted by molar-refractivity contribution is 0.509. The lowest BCUT2D eigenvalue weighted by Crippen LogP contribution is -2.35. The molecule has 86 valence electrons. The summed E-state index contributed by atoms with van der Waals surface area (Å²) in [6, 6.07) is 6.20. The minimum Gasteiger partial charge on any atom is -0.437 e. The molecule has 1 aliphatic carbocycles. The van der Waals surface area contributed by atoms with Crippen molar-refractivity contribution < 1.29 is 5.02 Å². The monoisotopic (exact) mass is 218 g/mol. The predicted molar refractivity (Wildman–Crippen MR) is 68.4 cm³/mol. The van der Waals surface area contributed by atoms with Gasteiger partial charge in [0, 0.05) is 5.69 Å². The lowest BCUT2D eigenvalue weighted by atomic mass is 9.80. The molecule has 1 aliphatic rings. The molecule has 16 heavy (non-hydrogen) atoms. The molecular formula is C12H19BN2O. The molecule has 0 saturated carbocycles. The van der Waals surface area contributed by atoms with E-state index in [1.165, 1.54) is 24.0 Å². The van der Waals surface area contributed by atoms with Gasteiger partial charge in [-0.1, -0.05) is 6.07 Å². The third-order valence-electron chi connectivity index (χ3n) is 3.27. The zero-order valence-corrected chi connectivity index (χ0v) is 9.74. The summed E-state index contributed by atoms with van der Waals surface area (Å²) in [7, 11) is -0.431. The number of benzene rings is 1. The van der Waals surface area contributed by atoms with Gasteiger partial charge in [-0.05, 0) is 61.8 Å². The van der Waals surface area contributed by atoms with Crippen LogP contribution in [0.4, 0.5) is 5.69 Å². The quantitative estimate of drug-likeness (QED) is 0.530. The molecule has 4 N–H and O–H groups in total. The second kappa shape index (κ2) is 4.89. The van der Waals surface area contributed by atoms with Crippen LogP contribution in [0.25, 0.3) is 0 Å². The molecule has 1 unspecified atom stereocenters. The Kier molecular flexibility index (Phi) is 3.51. The molecular weight excluding hydrogens is 199 g/mol. The Morgan fingerprint density at radius 1 is 1.56 bits per heavy atom. The third kappa shape index (κ3) is 2.57. The van der Waals surface area contributed by atoms with E-state index in [1.807, 2.05) is 6.07 Å². The highest BCUT2D eigenvalue weighted by Gasteiger charge is 2.20. The molecule has 1 aromatic carbocycles. The van der Waals surface area contributed by atoms with Gasteiger partial charge in [-0.15, -0.1) is 0 Å². The van der Waals surface area contributed by atoms with Crippen molar-refractivity contribution in [1.82, 2.24) is 5.23 Å². The van der Waals surface area contributed by atoms with Crippen LogP contribution in [0.3, 0.4) is 0 Å². The molecule has 0 saturated heterocycles. The van der Waals surface area contributed by atoms with Crippen LogP contribution in [-0.4, -0.2) is 18.6 Å². The largest absolute Gasteiger partial charge is 0.437 e. The van der Waals surface area contributed by atoms with Gasteiger partial charge in [0.05, 0.1) is 0 Å². The molecule has 4 heteroatoms. The highest BCUT2D eigenvalue weighted by atomic mass is 16.2. The zero-order chi connectivity index (χ0) is 11.5. The molecule has 0 spiro atoms. The Labute approximate surface area is 97.2 Å². The van der Waals surface area contributed by atoms with E-state index in [0.29, 0.717) is 5.92 Å². The van der Waals surface area contributed by atoms with E-state index in [0.717, 1.165) is 18.7 Å². The number of nitrogen functional groups attached to an aromatic ring is 1. The van der Waals surface area contributed by atoms with Crippen LogP contribution >= 0.6 is 0 Å². The van der Waals surface area contributed by atoms with Crippen molar-refractivity contribution in [3.63, 3.8) is 0 Å². The first kappa shape index (κ1) is 11.5. The van der Waals surface area contributed by atoms with Gasteiger partial charge in [-0.2, -0.15) is 0 Å². The maximum Gasteiger partial charge on any atom is 0.373 e. The summed E-state index contributed by atoms with van der Waals surface area (Å²) < 4.78 is 0. The van der Waals surface area contributed by atoms with E-state index in [-0.39, 0.29) is 0 Å². The Bertz CT molecular complexity index is 368. The fourth-order valence-corrected chi connectivity index (χ4v) is 2.46. The number of anilines is 1. The van der Waals surface area contributed by atoms with Crippen LogP contribution < -0.4 is 11.0 Å². The second-order valence-electron chi connectivity index (χ2n) is 4.63. The lowest BCUT2D eigenvalue weighted by Gasteiger charge is -2.26. The van der Waals surface area contributed by atoms with Gasteiger partial charge in [0.1, 0.15) is 0 Å². The first-order valence-electron chi connectivity index (χ1n) is 5.96. The molecule has 0 aliphatic heterocycles. The van der Waals surface area contributed by atoms with E-state index in [9.17, 15) is 5.02 Å². The van der Waals surface area contributed by atoms with Gasteiger partial charge >= 0.3 is 7.05 Å². The molecule has 2 rings (SSSR count). The van der Waals surface area contributed by atoms with Crippen LogP contribution in [0.5, 0.6) is 0 Å². The highest BCUT2D eigenvalue weighted by Crippen LogP contribution is 2.32. The minimum absolute atomic E-state index is 0.431. The summed E-state index contributed by atoms with van der Waals surface area (Å²) in [6.07, 6.45) is 3.53. The van der Waals surface area contributed by atoms with Crippen LogP contribution in [0.1, 0.15) is 29.9 Å². The normalized spacial score (nSPS) is 19.2. The van der Waals surface area contributed by atoms with Crippen molar-refractivity contribution in [3.05, 3.63) is 29.3 Å². The number of hydrogen-bond acceptors (Lipinski definition) is 3. The molecule has 0 heterocycles. The summed E-state index contributed by atoms with van der Waals surface area (Å²) >= 11 is 0. The number of nitrogens with two attached hydrogens (primary N) is 1. The Morgan fingerprint density at radius 2 is 2.38 bits per heavy atom. The number of fused-ring (bicyclic) bond motifs is 1. The van der Waals surface area contributed by atoms with Crippen LogP contribution in [0.2, 0.25) is 6.82 Å². The summed E-state index contributed by atoms with van der Waals surface area (Å²) in [4.78, 5) is 0. The topological polar surface area (TPSA) is 58.3 Å². The van der Waals surface area contributed by atoms with Crippen molar-refractivity contribution in [2.45, 2.75) is 32.0 Å². The van der Waals surface area contributed by atoms with Crippen molar-refractivity contribution >= 4 is 12.7 Å². The average Bonchev–Trinajstić information content (AvgIpc) is 2.25. The standard InChI is InChI=1S/C12H19BN2O/c1-13(16)15-8-10-4-2-3-9-7-11(14)5-6-12(9)10/h5-7,10,15-16H,2-4,8,14H2,1H3. The molecule has 1 aromatic rings. The predicted octanol–water partition coefficient (Wildman–Crippen LogP) is 1.39. The number of aryl methyl sites for hydroxylation is 1. The molecule has 0 bridgehead atoms. The van der Waals surface area contributed by atoms with Gasteiger partial charge in [0.15, 0.2) is 0 Å². The Hall–Kier alpha value is -0.995. The molecule has 1 atom stereocenters. The molecule has 0 aromatic heterocycles. The summed E-state index contributed by atoms with van der Waals surface area (Å²) in [5.74, 6) is 0.513. The van der Waals surface area contributed by atoms with Crippen molar-refractivity contribution in [2.24, 2.45) is 0 Å². The zero-order valence-electron chi connectivity index (χ0n) is 9.74. The van der Waals surface area contributed by atoms with E-state index >= 15 is 0 Å². The van der Waals surface area contributed by atoms with Gasteiger partial charge in [0.2, 0.25) is 0 Å². The average molecular weight is 218 g/mol. The fourth-order valence-electron chi connectivity index (χ4n) is 2.46. The van der Waals surface area contributed by atoms with Crippen LogP contribution in [0.15, 0.2) is 18.2 Å². The van der Waals surface area contributed by atoms with E-state index < -0.39 is 7.05 Å². The maximum atomic E-state index is 9.24.